The van der Waals surface area contributed by atoms with E-state index in [0.29, 0.717) is 35.3 Å². The molecule has 1 aliphatic rings. The van der Waals surface area contributed by atoms with Gasteiger partial charge in [-0.1, -0.05) is 23.7 Å². The first kappa shape index (κ1) is 27.1. The number of rotatable bonds is 10. The Bertz CT molecular complexity index is 1740. The topological polar surface area (TPSA) is 103 Å². The summed E-state index contributed by atoms with van der Waals surface area (Å²) in [5.74, 6) is 0.774. The molecule has 2 N–H and O–H groups in total. The molecule has 210 valence electrons. The number of anilines is 2. The van der Waals surface area contributed by atoms with Gasteiger partial charge in [0.1, 0.15) is 41.7 Å². The number of halogens is 2. The quantitative estimate of drug-likeness (QED) is 0.206. The van der Waals surface area contributed by atoms with Crippen molar-refractivity contribution in [3.63, 3.8) is 0 Å². The van der Waals surface area contributed by atoms with E-state index in [1.54, 1.807) is 53.7 Å². The molecule has 0 saturated carbocycles. The van der Waals surface area contributed by atoms with E-state index in [1.807, 2.05) is 12.3 Å². The van der Waals surface area contributed by atoms with E-state index < -0.39 is 0 Å². The van der Waals surface area contributed by atoms with Crippen LogP contribution in [0.5, 0.6) is 5.75 Å². The number of nitrogens with zero attached hydrogens (tertiary/aromatic N) is 4. The van der Waals surface area contributed by atoms with Gasteiger partial charge in [0.25, 0.3) is 0 Å². The van der Waals surface area contributed by atoms with Gasteiger partial charge in [0.05, 0.1) is 23.2 Å². The molecule has 0 aliphatic heterocycles. The molecule has 0 bridgehead atoms. The number of fused-ring (bicyclic) bond motifs is 5. The number of carbonyl (C=O) groups is 1. The van der Waals surface area contributed by atoms with Gasteiger partial charge in [0.15, 0.2) is 0 Å². The van der Waals surface area contributed by atoms with Crippen molar-refractivity contribution in [2.45, 2.75) is 26.0 Å². The third kappa shape index (κ3) is 5.74. The molecule has 9 nitrogen and oxygen atoms in total. The lowest BCUT2D eigenvalue weighted by Gasteiger charge is -2.16. The molecular weight excluding hydrogens is 567 g/mol. The maximum Gasteiger partial charge on any atom is 0.241 e. The number of hydrogen-bond donors (Lipinski definition) is 2. The molecule has 3 aromatic heterocycles. The molecule has 0 fully saturated rings. The van der Waals surface area contributed by atoms with Crippen molar-refractivity contribution in [3.05, 3.63) is 82.6 Å². The molecule has 12 heteroatoms. The molecule has 0 saturated heterocycles. The van der Waals surface area contributed by atoms with Crippen LogP contribution in [0.1, 0.15) is 16.8 Å². The number of aryl methyl sites for hydroxylation is 1. The number of methoxy groups -OCH3 is 1. The summed E-state index contributed by atoms with van der Waals surface area (Å²) >= 11 is 8.11. The SMILES string of the molecule is COCCNC(=O)Cn1ncc2c1CCc1c-2sc2ncnc(Nc3ccc(OCc4cccc(F)c4)c(Cl)c3)c12. The molecule has 0 unspecified atom stereocenters. The third-order valence-corrected chi connectivity index (χ3v) is 8.26. The van der Waals surface area contributed by atoms with Crippen LogP contribution in [0.25, 0.3) is 20.7 Å². The Labute approximate surface area is 244 Å². The van der Waals surface area contributed by atoms with Crippen LogP contribution in [0.15, 0.2) is 55.0 Å². The van der Waals surface area contributed by atoms with E-state index in [9.17, 15) is 9.18 Å². The van der Waals surface area contributed by atoms with Crippen molar-refractivity contribution in [1.29, 1.82) is 0 Å². The smallest absolute Gasteiger partial charge is 0.241 e. The second kappa shape index (κ2) is 11.8. The lowest BCUT2D eigenvalue weighted by molar-refractivity contribution is -0.122. The molecule has 0 atom stereocenters. The number of thiophene rings is 1. The maximum atomic E-state index is 13.5. The van der Waals surface area contributed by atoms with Crippen LogP contribution in [-0.4, -0.2) is 45.9 Å². The molecule has 41 heavy (non-hydrogen) atoms. The van der Waals surface area contributed by atoms with E-state index in [2.05, 4.69) is 25.7 Å². The normalized spacial score (nSPS) is 12.2. The molecule has 0 radical (unpaired) electrons. The molecule has 1 aliphatic carbocycles. The number of aromatic nitrogens is 4. The van der Waals surface area contributed by atoms with Crippen molar-refractivity contribution in [2.75, 3.05) is 25.6 Å². The molecule has 6 rings (SSSR count). The summed E-state index contributed by atoms with van der Waals surface area (Å²) in [6.07, 6.45) is 4.89. The average molecular weight is 593 g/mol. The zero-order chi connectivity index (χ0) is 28.3. The fraction of sp³-hybridized carbons (Fsp3) is 0.241. The first-order valence-corrected chi connectivity index (χ1v) is 14.2. The average Bonchev–Trinajstić information content (AvgIpc) is 3.54. The summed E-state index contributed by atoms with van der Waals surface area (Å²) in [7, 11) is 1.60. The van der Waals surface area contributed by atoms with Crippen LogP contribution in [0.4, 0.5) is 15.9 Å². The second-order valence-electron chi connectivity index (χ2n) is 9.51. The first-order chi connectivity index (χ1) is 20.0. The number of amides is 1. The van der Waals surface area contributed by atoms with E-state index in [1.165, 1.54) is 12.1 Å². The van der Waals surface area contributed by atoms with Crippen molar-refractivity contribution in [2.24, 2.45) is 0 Å². The predicted molar refractivity (Wildman–Crippen MR) is 156 cm³/mol. The van der Waals surface area contributed by atoms with Crippen LogP contribution in [0, 0.1) is 5.82 Å². The molecule has 3 heterocycles. The largest absolute Gasteiger partial charge is 0.487 e. The third-order valence-electron chi connectivity index (χ3n) is 6.79. The Morgan fingerprint density at radius 3 is 2.93 bits per heavy atom. The highest BCUT2D eigenvalue weighted by molar-refractivity contribution is 7.22. The monoisotopic (exact) mass is 592 g/mol. The van der Waals surface area contributed by atoms with E-state index in [4.69, 9.17) is 21.1 Å². The molecular formula is C29H26ClFN6O3S. The number of ether oxygens (including phenoxy) is 2. The van der Waals surface area contributed by atoms with E-state index >= 15 is 0 Å². The van der Waals surface area contributed by atoms with Crippen molar-refractivity contribution >= 4 is 50.6 Å². The summed E-state index contributed by atoms with van der Waals surface area (Å²) in [6.45, 7) is 1.29. The Balaban J connectivity index is 1.21. The van der Waals surface area contributed by atoms with Gasteiger partial charge >= 0.3 is 0 Å². The van der Waals surface area contributed by atoms with Gasteiger partial charge in [-0.15, -0.1) is 11.3 Å². The van der Waals surface area contributed by atoms with Crippen LogP contribution < -0.4 is 15.4 Å². The van der Waals surface area contributed by atoms with Gasteiger partial charge in [0, 0.05) is 35.5 Å². The van der Waals surface area contributed by atoms with Gasteiger partial charge < -0.3 is 20.1 Å². The summed E-state index contributed by atoms with van der Waals surface area (Å²) in [6, 6.07) is 11.7. The number of benzene rings is 2. The number of carbonyl (C=O) groups excluding carboxylic acids is 1. The fourth-order valence-electron chi connectivity index (χ4n) is 4.89. The standard InChI is InChI=1S/C29H26ClFN6O3S/c1-39-10-9-32-25(38)14-37-23-7-6-20-26-28(33-16-34-29(26)41-27(20)21(23)13-35-37)36-19-5-8-24(22(30)12-19)40-15-17-3-2-4-18(31)11-17/h2-5,8,11-13,16H,6-7,9-10,14-15H2,1H3,(H,32,38)(H,33,34,36). The molecule has 0 spiro atoms. The van der Waals surface area contributed by atoms with E-state index in [-0.39, 0.29) is 24.9 Å². The van der Waals surface area contributed by atoms with Crippen molar-refractivity contribution < 1.29 is 18.7 Å². The van der Waals surface area contributed by atoms with Gasteiger partial charge in [-0.2, -0.15) is 5.10 Å². The lowest BCUT2D eigenvalue weighted by atomic mass is 9.95. The van der Waals surface area contributed by atoms with Crippen LogP contribution in [0.3, 0.4) is 0 Å². The summed E-state index contributed by atoms with van der Waals surface area (Å²) in [4.78, 5) is 23.4. The Morgan fingerprint density at radius 2 is 2.10 bits per heavy atom. The van der Waals surface area contributed by atoms with Crippen molar-refractivity contribution in [3.8, 4) is 16.2 Å². The lowest BCUT2D eigenvalue weighted by Crippen LogP contribution is -2.31. The fourth-order valence-corrected chi connectivity index (χ4v) is 6.35. The van der Waals surface area contributed by atoms with E-state index in [0.717, 1.165) is 50.4 Å². The van der Waals surface area contributed by atoms with Gasteiger partial charge in [0.2, 0.25) is 5.91 Å². The molecule has 2 aromatic carbocycles. The predicted octanol–water partition coefficient (Wildman–Crippen LogP) is 5.53. The van der Waals surface area contributed by atoms with Crippen LogP contribution >= 0.6 is 22.9 Å². The van der Waals surface area contributed by atoms with Gasteiger partial charge in [-0.25, -0.2) is 14.4 Å². The van der Waals surface area contributed by atoms with Crippen LogP contribution in [-0.2, 0) is 35.5 Å². The van der Waals surface area contributed by atoms with Crippen LogP contribution in [0.2, 0.25) is 5.02 Å². The first-order valence-electron chi connectivity index (χ1n) is 13.0. The highest BCUT2D eigenvalue weighted by atomic mass is 35.5. The minimum Gasteiger partial charge on any atom is -0.487 e. The maximum absolute atomic E-state index is 13.5. The Kier molecular flexibility index (Phi) is 7.82. The Hall–Kier alpha value is -4.06. The highest BCUT2D eigenvalue weighted by Gasteiger charge is 2.27. The zero-order valence-electron chi connectivity index (χ0n) is 22.1. The number of nitrogens with one attached hydrogen (secondary N) is 2. The summed E-state index contributed by atoms with van der Waals surface area (Å²) in [5.41, 5.74) is 4.68. The number of hydrogen-bond acceptors (Lipinski definition) is 8. The minimum absolute atomic E-state index is 0.100. The second-order valence-corrected chi connectivity index (χ2v) is 10.9. The molecule has 5 aromatic rings. The molecule has 1 amide bonds. The Morgan fingerprint density at radius 1 is 1.20 bits per heavy atom. The zero-order valence-corrected chi connectivity index (χ0v) is 23.7. The van der Waals surface area contributed by atoms with Crippen molar-refractivity contribution in [1.82, 2.24) is 25.1 Å². The highest BCUT2D eigenvalue weighted by Crippen LogP contribution is 2.45. The summed E-state index contributed by atoms with van der Waals surface area (Å²) < 4.78 is 26.1. The van der Waals surface area contributed by atoms with Gasteiger partial charge in [-0.3, -0.25) is 9.48 Å². The minimum atomic E-state index is -0.310. The van der Waals surface area contributed by atoms with Gasteiger partial charge in [-0.05, 0) is 54.3 Å². The summed E-state index contributed by atoms with van der Waals surface area (Å²) in [5, 5.41) is 12.1.